The molecule has 0 unspecified atom stereocenters. The van der Waals surface area contributed by atoms with E-state index in [1.54, 1.807) is 12.1 Å². The fourth-order valence-corrected chi connectivity index (χ4v) is 3.83. The van der Waals surface area contributed by atoms with Gasteiger partial charge in [0, 0.05) is 13.1 Å². The second-order valence-electron chi connectivity index (χ2n) is 6.83. The van der Waals surface area contributed by atoms with Crippen molar-refractivity contribution in [3.05, 3.63) is 35.1 Å². The molecule has 2 fully saturated rings. The third-order valence-electron chi connectivity index (χ3n) is 5.24. The van der Waals surface area contributed by atoms with Gasteiger partial charge in [0.25, 0.3) is 0 Å². The minimum absolute atomic E-state index is 0.127. The molecule has 110 valence electrons. The zero-order valence-corrected chi connectivity index (χ0v) is 12.7. The van der Waals surface area contributed by atoms with Gasteiger partial charge >= 0.3 is 0 Å². The number of rotatable bonds is 2. The Labute approximate surface area is 121 Å². The summed E-state index contributed by atoms with van der Waals surface area (Å²) >= 11 is 0. The molecule has 0 aliphatic carbocycles. The van der Waals surface area contributed by atoms with Crippen molar-refractivity contribution in [2.75, 3.05) is 33.2 Å². The van der Waals surface area contributed by atoms with Gasteiger partial charge in [-0.25, -0.2) is 4.39 Å². The molecule has 0 bridgehead atoms. The van der Waals surface area contributed by atoms with E-state index in [2.05, 4.69) is 16.8 Å². The van der Waals surface area contributed by atoms with Crippen LogP contribution in [0.15, 0.2) is 18.2 Å². The first-order chi connectivity index (χ1) is 9.56. The Hall–Kier alpha value is -0.930. The quantitative estimate of drug-likeness (QED) is 0.819. The zero-order valence-electron chi connectivity index (χ0n) is 12.7. The minimum Gasteiger partial charge on any atom is -0.306 e. The van der Waals surface area contributed by atoms with Crippen LogP contribution in [-0.4, -0.2) is 43.0 Å². The highest BCUT2D eigenvalue weighted by atomic mass is 19.1. The van der Waals surface area contributed by atoms with Gasteiger partial charge in [0.2, 0.25) is 0 Å². The van der Waals surface area contributed by atoms with Crippen LogP contribution < -0.4 is 0 Å². The number of nitrogens with zero attached hydrogens (tertiary/aromatic N) is 2. The summed E-state index contributed by atoms with van der Waals surface area (Å²) in [6, 6.07) is 5.17. The van der Waals surface area contributed by atoms with Gasteiger partial charge in [-0.3, -0.25) is 4.90 Å². The van der Waals surface area contributed by atoms with E-state index in [0.29, 0.717) is 5.41 Å². The highest BCUT2D eigenvalue weighted by molar-refractivity contribution is 5.26. The molecule has 1 aromatic carbocycles. The summed E-state index contributed by atoms with van der Waals surface area (Å²) in [5, 5.41) is 0. The molecule has 20 heavy (non-hydrogen) atoms. The Balaban J connectivity index is 1.59. The number of hydrogen-bond acceptors (Lipinski definition) is 2. The van der Waals surface area contributed by atoms with Crippen LogP contribution in [0.5, 0.6) is 0 Å². The molecule has 1 aromatic rings. The van der Waals surface area contributed by atoms with Crippen LogP contribution in [0.1, 0.15) is 30.4 Å². The highest BCUT2D eigenvalue weighted by Crippen LogP contribution is 2.40. The Morgan fingerprint density at radius 1 is 1.15 bits per heavy atom. The average Bonchev–Trinajstić information content (AvgIpc) is 2.77. The molecule has 2 aliphatic rings. The number of likely N-dealkylation sites (tertiary alicyclic amines) is 2. The topological polar surface area (TPSA) is 6.48 Å². The van der Waals surface area contributed by atoms with E-state index in [9.17, 15) is 4.39 Å². The second kappa shape index (κ2) is 5.45. The molecular weight excluding hydrogens is 251 g/mol. The standard InChI is InChI=1S/C17H25FN2/c1-14-11-16(18)4-3-15(14)12-20-9-6-17(7-10-20)5-8-19(2)13-17/h3-4,11H,5-10,12-13H2,1-2H3. The maximum Gasteiger partial charge on any atom is 0.123 e. The van der Waals surface area contributed by atoms with Crippen LogP contribution in [0.4, 0.5) is 4.39 Å². The molecule has 2 nitrogen and oxygen atoms in total. The maximum atomic E-state index is 13.1. The molecule has 0 saturated carbocycles. The van der Waals surface area contributed by atoms with Crippen molar-refractivity contribution in [1.82, 2.24) is 9.80 Å². The summed E-state index contributed by atoms with van der Waals surface area (Å²) in [5.74, 6) is -0.127. The third-order valence-corrected chi connectivity index (χ3v) is 5.24. The highest BCUT2D eigenvalue weighted by Gasteiger charge is 2.39. The summed E-state index contributed by atoms with van der Waals surface area (Å²) in [7, 11) is 2.24. The minimum atomic E-state index is -0.127. The predicted molar refractivity (Wildman–Crippen MR) is 80.2 cm³/mol. The largest absolute Gasteiger partial charge is 0.306 e. The average molecular weight is 276 g/mol. The van der Waals surface area contributed by atoms with E-state index in [-0.39, 0.29) is 5.82 Å². The lowest BCUT2D eigenvalue weighted by molar-refractivity contribution is 0.105. The van der Waals surface area contributed by atoms with Crippen molar-refractivity contribution in [2.24, 2.45) is 5.41 Å². The van der Waals surface area contributed by atoms with Crippen molar-refractivity contribution >= 4 is 0 Å². The fraction of sp³-hybridized carbons (Fsp3) is 0.647. The van der Waals surface area contributed by atoms with Crippen molar-refractivity contribution in [3.63, 3.8) is 0 Å². The molecule has 1 spiro atoms. The lowest BCUT2D eigenvalue weighted by atomic mass is 9.77. The zero-order chi connectivity index (χ0) is 14.2. The van der Waals surface area contributed by atoms with Crippen molar-refractivity contribution in [3.8, 4) is 0 Å². The molecule has 3 rings (SSSR count). The smallest absolute Gasteiger partial charge is 0.123 e. The van der Waals surface area contributed by atoms with Gasteiger partial charge < -0.3 is 4.90 Å². The summed E-state index contributed by atoms with van der Waals surface area (Å²) in [5.41, 5.74) is 2.93. The SMILES string of the molecule is Cc1cc(F)ccc1CN1CCC2(CCN(C)C2)CC1. The molecule has 2 saturated heterocycles. The monoisotopic (exact) mass is 276 g/mol. The molecule has 0 N–H and O–H groups in total. The Morgan fingerprint density at radius 3 is 2.45 bits per heavy atom. The van der Waals surface area contributed by atoms with Crippen molar-refractivity contribution < 1.29 is 4.39 Å². The van der Waals surface area contributed by atoms with Gasteiger partial charge in [0.1, 0.15) is 5.82 Å². The van der Waals surface area contributed by atoms with Crippen molar-refractivity contribution in [2.45, 2.75) is 32.7 Å². The number of piperidine rings is 1. The second-order valence-corrected chi connectivity index (χ2v) is 6.83. The van der Waals surface area contributed by atoms with Crippen LogP contribution in [-0.2, 0) is 6.54 Å². The van der Waals surface area contributed by atoms with Crippen molar-refractivity contribution in [1.29, 1.82) is 0 Å². The number of aryl methyl sites for hydroxylation is 1. The van der Waals surface area contributed by atoms with Gasteiger partial charge in [0.15, 0.2) is 0 Å². The summed E-state index contributed by atoms with van der Waals surface area (Å²) in [6.07, 6.45) is 4.00. The number of hydrogen-bond donors (Lipinski definition) is 0. The first kappa shape index (κ1) is 14.0. The first-order valence-corrected chi connectivity index (χ1v) is 7.72. The Morgan fingerprint density at radius 2 is 1.85 bits per heavy atom. The van der Waals surface area contributed by atoms with Gasteiger partial charge in [-0.05, 0) is 81.5 Å². The summed E-state index contributed by atoms with van der Waals surface area (Å²) in [4.78, 5) is 5.00. The van der Waals surface area contributed by atoms with Gasteiger partial charge in [-0.1, -0.05) is 6.07 Å². The van der Waals surface area contributed by atoms with E-state index >= 15 is 0 Å². The Bertz CT molecular complexity index is 478. The van der Waals surface area contributed by atoms with E-state index in [1.807, 2.05) is 13.0 Å². The molecule has 3 heteroatoms. The Kier molecular flexibility index (Phi) is 3.83. The van der Waals surface area contributed by atoms with Gasteiger partial charge in [0.05, 0.1) is 0 Å². The van der Waals surface area contributed by atoms with Crippen LogP contribution in [0.3, 0.4) is 0 Å². The van der Waals surface area contributed by atoms with Crippen LogP contribution in [0, 0.1) is 18.2 Å². The van der Waals surface area contributed by atoms with Gasteiger partial charge in [-0.2, -0.15) is 0 Å². The van der Waals surface area contributed by atoms with Crippen LogP contribution >= 0.6 is 0 Å². The lowest BCUT2D eigenvalue weighted by Gasteiger charge is -2.39. The molecule has 2 heterocycles. The number of halogens is 1. The normalized spacial score (nSPS) is 23.6. The molecule has 2 aliphatic heterocycles. The lowest BCUT2D eigenvalue weighted by Crippen LogP contribution is -2.41. The van der Waals surface area contributed by atoms with E-state index in [4.69, 9.17) is 0 Å². The van der Waals surface area contributed by atoms with Gasteiger partial charge in [-0.15, -0.1) is 0 Å². The van der Waals surface area contributed by atoms with Crippen LogP contribution in [0.25, 0.3) is 0 Å². The molecule has 0 atom stereocenters. The molecular formula is C17H25FN2. The summed E-state index contributed by atoms with van der Waals surface area (Å²) in [6.45, 7) is 7.89. The van der Waals surface area contributed by atoms with E-state index in [0.717, 1.165) is 12.1 Å². The third kappa shape index (κ3) is 2.89. The first-order valence-electron chi connectivity index (χ1n) is 7.72. The fourth-order valence-electron chi connectivity index (χ4n) is 3.83. The summed E-state index contributed by atoms with van der Waals surface area (Å²) < 4.78 is 13.1. The van der Waals surface area contributed by atoms with E-state index < -0.39 is 0 Å². The van der Waals surface area contributed by atoms with E-state index in [1.165, 1.54) is 51.0 Å². The molecule has 0 amide bonds. The molecule has 0 aromatic heterocycles. The maximum absolute atomic E-state index is 13.1. The number of benzene rings is 1. The predicted octanol–water partition coefficient (Wildman–Crippen LogP) is 3.05. The molecule has 0 radical (unpaired) electrons. The van der Waals surface area contributed by atoms with Crippen LogP contribution in [0.2, 0.25) is 0 Å².